The fraction of sp³-hybridized carbons (Fsp3) is 0.294. The van der Waals surface area contributed by atoms with Crippen LogP contribution in [-0.4, -0.2) is 23.8 Å². The molecule has 1 aromatic heterocycles. The van der Waals surface area contributed by atoms with Crippen molar-refractivity contribution in [3.63, 3.8) is 0 Å². The number of hydrogen-bond acceptors (Lipinski definition) is 4. The van der Waals surface area contributed by atoms with E-state index in [4.69, 9.17) is 4.74 Å². The van der Waals surface area contributed by atoms with Gasteiger partial charge in [0.25, 0.3) is 0 Å². The van der Waals surface area contributed by atoms with Gasteiger partial charge < -0.3 is 10.1 Å². The molecule has 0 atom stereocenters. The molecule has 1 N–H and O–H groups in total. The van der Waals surface area contributed by atoms with E-state index in [1.165, 1.54) is 24.0 Å². The number of aromatic nitrogens is 1. The molecule has 1 amide bonds. The summed E-state index contributed by atoms with van der Waals surface area (Å²) >= 11 is 1.56. The van der Waals surface area contributed by atoms with Crippen molar-refractivity contribution in [1.29, 1.82) is 0 Å². The van der Waals surface area contributed by atoms with Gasteiger partial charge in [0.2, 0.25) is 11.8 Å². The van der Waals surface area contributed by atoms with E-state index in [9.17, 15) is 4.79 Å². The standard InChI is InChI=1S/C17H18N2O2S/c1-21-17-8-6-14(10-18-17)19-16(20)11-22-15-7-5-12-3-2-4-13(12)9-15/h5-10H,2-4,11H2,1H3,(H,19,20). The summed E-state index contributed by atoms with van der Waals surface area (Å²) in [5, 5.41) is 2.84. The van der Waals surface area contributed by atoms with Crippen LogP contribution in [0.1, 0.15) is 17.5 Å². The Balaban J connectivity index is 1.53. The number of anilines is 1. The van der Waals surface area contributed by atoms with E-state index in [-0.39, 0.29) is 5.91 Å². The normalized spacial score (nSPS) is 12.8. The Morgan fingerprint density at radius 1 is 1.27 bits per heavy atom. The van der Waals surface area contributed by atoms with Crippen molar-refractivity contribution in [3.8, 4) is 5.88 Å². The lowest BCUT2D eigenvalue weighted by atomic mass is 10.1. The third kappa shape index (κ3) is 3.60. The van der Waals surface area contributed by atoms with Crippen LogP contribution in [0, 0.1) is 0 Å². The number of carbonyl (C=O) groups excluding carboxylic acids is 1. The molecule has 5 heteroatoms. The summed E-state index contributed by atoms with van der Waals surface area (Å²) in [7, 11) is 1.56. The summed E-state index contributed by atoms with van der Waals surface area (Å²) < 4.78 is 4.99. The van der Waals surface area contributed by atoms with Gasteiger partial charge in [-0.15, -0.1) is 11.8 Å². The second-order valence-corrected chi connectivity index (χ2v) is 6.26. The molecule has 0 saturated carbocycles. The topological polar surface area (TPSA) is 51.2 Å². The molecule has 1 aliphatic rings. The first kappa shape index (κ1) is 14.9. The molecule has 3 rings (SSSR count). The van der Waals surface area contributed by atoms with Crippen LogP contribution in [0.25, 0.3) is 0 Å². The number of amides is 1. The van der Waals surface area contributed by atoms with E-state index >= 15 is 0 Å². The Hall–Kier alpha value is -2.01. The van der Waals surface area contributed by atoms with Gasteiger partial charge in [0.15, 0.2) is 0 Å². The fourth-order valence-electron chi connectivity index (χ4n) is 2.56. The molecule has 0 aliphatic heterocycles. The number of aryl methyl sites for hydroxylation is 2. The molecule has 0 bridgehead atoms. The number of nitrogens with one attached hydrogen (secondary N) is 1. The second-order valence-electron chi connectivity index (χ2n) is 5.21. The SMILES string of the molecule is COc1ccc(NC(=O)CSc2ccc3c(c2)CCC3)cn1. The summed E-state index contributed by atoms with van der Waals surface area (Å²) in [5.74, 6) is 0.896. The van der Waals surface area contributed by atoms with Crippen molar-refractivity contribution in [2.75, 3.05) is 18.2 Å². The van der Waals surface area contributed by atoms with Gasteiger partial charge in [-0.2, -0.15) is 0 Å². The van der Waals surface area contributed by atoms with E-state index in [0.717, 1.165) is 11.3 Å². The molecular formula is C17H18N2O2S. The van der Waals surface area contributed by atoms with Crippen molar-refractivity contribution in [2.45, 2.75) is 24.2 Å². The maximum Gasteiger partial charge on any atom is 0.234 e. The van der Waals surface area contributed by atoms with E-state index in [0.29, 0.717) is 17.3 Å². The molecule has 1 aromatic carbocycles. The Morgan fingerprint density at radius 2 is 2.14 bits per heavy atom. The summed E-state index contributed by atoms with van der Waals surface area (Å²) in [6.07, 6.45) is 5.18. The number of benzene rings is 1. The van der Waals surface area contributed by atoms with E-state index in [2.05, 4.69) is 28.5 Å². The Labute approximate surface area is 134 Å². The molecule has 1 heterocycles. The van der Waals surface area contributed by atoms with Gasteiger partial charge in [0, 0.05) is 11.0 Å². The maximum atomic E-state index is 12.0. The number of thioether (sulfide) groups is 1. The first-order chi connectivity index (χ1) is 10.7. The number of rotatable bonds is 5. The van der Waals surface area contributed by atoms with E-state index in [1.807, 2.05) is 0 Å². The van der Waals surface area contributed by atoms with Crippen molar-refractivity contribution < 1.29 is 9.53 Å². The van der Waals surface area contributed by atoms with Crippen LogP contribution in [-0.2, 0) is 17.6 Å². The summed E-state index contributed by atoms with van der Waals surface area (Å²) in [5.41, 5.74) is 3.57. The first-order valence-corrected chi connectivity index (χ1v) is 8.27. The number of hydrogen-bond donors (Lipinski definition) is 1. The van der Waals surface area contributed by atoms with Crippen LogP contribution in [0.4, 0.5) is 5.69 Å². The molecule has 0 saturated heterocycles. The van der Waals surface area contributed by atoms with Crippen LogP contribution >= 0.6 is 11.8 Å². The zero-order valence-corrected chi connectivity index (χ0v) is 13.3. The highest BCUT2D eigenvalue weighted by atomic mass is 32.2. The third-order valence-electron chi connectivity index (χ3n) is 3.67. The van der Waals surface area contributed by atoms with Crippen LogP contribution < -0.4 is 10.1 Å². The van der Waals surface area contributed by atoms with Crippen LogP contribution in [0.2, 0.25) is 0 Å². The number of fused-ring (bicyclic) bond motifs is 1. The second kappa shape index (κ2) is 6.83. The largest absolute Gasteiger partial charge is 0.481 e. The maximum absolute atomic E-state index is 12.0. The van der Waals surface area contributed by atoms with Crippen LogP contribution in [0.15, 0.2) is 41.4 Å². The zero-order valence-electron chi connectivity index (χ0n) is 12.5. The van der Waals surface area contributed by atoms with Crippen molar-refractivity contribution in [2.24, 2.45) is 0 Å². The predicted molar refractivity (Wildman–Crippen MR) is 88.6 cm³/mol. The lowest BCUT2D eigenvalue weighted by molar-refractivity contribution is -0.113. The first-order valence-electron chi connectivity index (χ1n) is 7.29. The molecule has 0 spiro atoms. The summed E-state index contributed by atoms with van der Waals surface area (Å²) in [6.45, 7) is 0. The Kier molecular flexibility index (Phi) is 4.63. The summed E-state index contributed by atoms with van der Waals surface area (Å²) in [6, 6.07) is 10.0. The minimum absolute atomic E-state index is 0.0301. The highest BCUT2D eigenvalue weighted by molar-refractivity contribution is 8.00. The average molecular weight is 314 g/mol. The summed E-state index contributed by atoms with van der Waals surface area (Å²) in [4.78, 5) is 17.2. The highest BCUT2D eigenvalue weighted by Crippen LogP contribution is 2.27. The molecule has 2 aromatic rings. The van der Waals surface area contributed by atoms with Gasteiger partial charge in [-0.05, 0) is 48.6 Å². The van der Waals surface area contributed by atoms with Gasteiger partial charge in [0.05, 0.1) is 24.7 Å². The zero-order chi connectivity index (χ0) is 15.4. The highest BCUT2D eigenvalue weighted by Gasteiger charge is 2.11. The molecule has 1 aliphatic carbocycles. The molecular weight excluding hydrogens is 296 g/mol. The van der Waals surface area contributed by atoms with Crippen molar-refractivity contribution >= 4 is 23.4 Å². The van der Waals surface area contributed by atoms with Crippen LogP contribution in [0.5, 0.6) is 5.88 Å². The quantitative estimate of drug-likeness (QED) is 0.860. The monoisotopic (exact) mass is 314 g/mol. The fourth-order valence-corrected chi connectivity index (χ4v) is 3.32. The number of nitrogens with zero attached hydrogens (tertiary/aromatic N) is 1. The molecule has 0 fully saturated rings. The van der Waals surface area contributed by atoms with E-state index in [1.54, 1.807) is 37.2 Å². The van der Waals surface area contributed by atoms with Gasteiger partial charge in [-0.25, -0.2) is 4.98 Å². The predicted octanol–water partition coefficient (Wildman–Crippen LogP) is 3.31. The number of carbonyl (C=O) groups is 1. The third-order valence-corrected chi connectivity index (χ3v) is 4.66. The molecule has 114 valence electrons. The molecule has 0 unspecified atom stereocenters. The smallest absolute Gasteiger partial charge is 0.234 e. The Bertz CT molecular complexity index is 671. The lowest BCUT2D eigenvalue weighted by Crippen LogP contribution is -2.14. The van der Waals surface area contributed by atoms with Gasteiger partial charge >= 0.3 is 0 Å². The van der Waals surface area contributed by atoms with Crippen LogP contribution in [0.3, 0.4) is 0 Å². The Morgan fingerprint density at radius 3 is 2.91 bits per heavy atom. The number of ether oxygens (including phenoxy) is 1. The van der Waals surface area contributed by atoms with Gasteiger partial charge in [0.1, 0.15) is 0 Å². The molecule has 22 heavy (non-hydrogen) atoms. The minimum Gasteiger partial charge on any atom is -0.481 e. The molecule has 0 radical (unpaired) electrons. The average Bonchev–Trinajstić information content (AvgIpc) is 3.01. The van der Waals surface area contributed by atoms with Crippen molar-refractivity contribution in [1.82, 2.24) is 4.98 Å². The van der Waals surface area contributed by atoms with Gasteiger partial charge in [-0.1, -0.05) is 6.07 Å². The van der Waals surface area contributed by atoms with Crippen molar-refractivity contribution in [3.05, 3.63) is 47.7 Å². The minimum atomic E-state index is -0.0301. The van der Waals surface area contributed by atoms with E-state index < -0.39 is 0 Å². The number of methoxy groups -OCH3 is 1. The molecule has 4 nitrogen and oxygen atoms in total. The van der Waals surface area contributed by atoms with Gasteiger partial charge in [-0.3, -0.25) is 4.79 Å². The lowest BCUT2D eigenvalue weighted by Gasteiger charge is -2.07. The number of pyridine rings is 1.